The summed E-state index contributed by atoms with van der Waals surface area (Å²) in [6, 6.07) is 17.1. The van der Waals surface area contributed by atoms with E-state index in [1.165, 1.54) is 0 Å². The number of ether oxygens (including phenoxy) is 2. The molecule has 0 saturated heterocycles. The predicted octanol–water partition coefficient (Wildman–Crippen LogP) is 5.50. The summed E-state index contributed by atoms with van der Waals surface area (Å²) in [4.78, 5) is 21.5. The van der Waals surface area contributed by atoms with Crippen molar-refractivity contribution >= 4 is 27.3 Å². The largest absolute Gasteiger partial charge is 0.438 e. The van der Waals surface area contributed by atoms with E-state index in [0.717, 1.165) is 21.3 Å². The molecule has 0 aliphatic carbocycles. The Kier molecular flexibility index (Phi) is 5.14. The highest BCUT2D eigenvalue weighted by Gasteiger charge is 2.17. The zero-order valence-electron chi connectivity index (χ0n) is 15.5. The Balaban J connectivity index is 1.82. The summed E-state index contributed by atoms with van der Waals surface area (Å²) in [5.74, 6) is 1.67. The van der Waals surface area contributed by atoms with E-state index in [1.54, 1.807) is 49.6 Å². The number of fused-ring (bicyclic) bond motifs is 1. The second-order valence-electron chi connectivity index (χ2n) is 6.26. The molecule has 0 atom stereocenters. The molecule has 0 unspecified atom stereocenters. The van der Waals surface area contributed by atoms with Gasteiger partial charge in [-0.3, -0.25) is 4.79 Å². The van der Waals surface area contributed by atoms with Crippen LogP contribution in [0.25, 0.3) is 21.3 Å². The molecule has 2 heterocycles. The Bertz CT molecular complexity index is 1120. The average molecular weight is 390 g/mol. The third-order valence-corrected chi connectivity index (χ3v) is 5.15. The van der Waals surface area contributed by atoms with Crippen LogP contribution in [0.4, 0.5) is 0 Å². The first-order valence-corrected chi connectivity index (χ1v) is 9.65. The highest BCUT2D eigenvalue weighted by atomic mass is 32.1. The van der Waals surface area contributed by atoms with Crippen LogP contribution in [0.3, 0.4) is 0 Å². The van der Waals surface area contributed by atoms with E-state index < -0.39 is 0 Å². The molecule has 140 valence electrons. The van der Waals surface area contributed by atoms with Gasteiger partial charge < -0.3 is 9.47 Å². The van der Waals surface area contributed by atoms with E-state index in [4.69, 9.17) is 9.47 Å². The fourth-order valence-electron chi connectivity index (χ4n) is 2.92. The average Bonchev–Trinajstić information content (AvgIpc) is 3.14. The van der Waals surface area contributed by atoms with Crippen LogP contribution in [0, 0.1) is 0 Å². The van der Waals surface area contributed by atoms with Gasteiger partial charge in [-0.2, -0.15) is 4.98 Å². The van der Waals surface area contributed by atoms with Crippen molar-refractivity contribution in [3.8, 4) is 22.8 Å². The molecule has 0 N–H and O–H groups in total. The van der Waals surface area contributed by atoms with Gasteiger partial charge in [0.05, 0.1) is 5.39 Å². The summed E-state index contributed by atoms with van der Waals surface area (Å²) in [5.41, 5.74) is 2.74. The lowest BCUT2D eigenvalue weighted by Gasteiger charge is -2.10. The van der Waals surface area contributed by atoms with Crippen molar-refractivity contribution in [1.82, 2.24) is 9.97 Å². The molecule has 0 radical (unpaired) electrons. The van der Waals surface area contributed by atoms with Gasteiger partial charge in [-0.1, -0.05) is 30.3 Å². The Labute approximate surface area is 166 Å². The lowest BCUT2D eigenvalue weighted by Crippen LogP contribution is -2.00. The number of rotatable bonds is 6. The van der Waals surface area contributed by atoms with Crippen molar-refractivity contribution in [2.75, 3.05) is 7.11 Å². The maximum absolute atomic E-state index is 11.5. The first-order chi connectivity index (χ1) is 13.7. The molecule has 0 spiro atoms. The Morgan fingerprint density at radius 3 is 2.46 bits per heavy atom. The van der Waals surface area contributed by atoms with Gasteiger partial charge in [0.25, 0.3) is 0 Å². The predicted molar refractivity (Wildman–Crippen MR) is 110 cm³/mol. The van der Waals surface area contributed by atoms with Crippen LogP contribution >= 0.6 is 11.3 Å². The Hall–Kier alpha value is -3.09. The van der Waals surface area contributed by atoms with Gasteiger partial charge in [0.15, 0.2) is 11.6 Å². The van der Waals surface area contributed by atoms with Gasteiger partial charge in [0.1, 0.15) is 17.2 Å². The van der Waals surface area contributed by atoms with E-state index in [1.807, 2.05) is 18.2 Å². The van der Waals surface area contributed by atoms with E-state index in [2.05, 4.69) is 27.5 Å². The molecule has 0 fully saturated rings. The maximum Gasteiger partial charge on any atom is 0.232 e. The fourth-order valence-corrected chi connectivity index (χ4v) is 3.88. The van der Waals surface area contributed by atoms with Crippen LogP contribution in [-0.4, -0.2) is 22.9 Å². The van der Waals surface area contributed by atoms with Crippen molar-refractivity contribution in [3.05, 3.63) is 71.4 Å². The summed E-state index contributed by atoms with van der Waals surface area (Å²) in [7, 11) is 1.61. The monoisotopic (exact) mass is 390 g/mol. The Morgan fingerprint density at radius 1 is 1.04 bits per heavy atom. The van der Waals surface area contributed by atoms with Crippen LogP contribution in [0.5, 0.6) is 11.6 Å². The SMILES string of the molecule is COCc1nc(Oc2ccc(C(C)=O)cc2)c2c(-c3ccccc3)csc2n1. The molecule has 0 amide bonds. The topological polar surface area (TPSA) is 61.3 Å². The first kappa shape index (κ1) is 18.3. The van der Waals surface area contributed by atoms with E-state index >= 15 is 0 Å². The quantitative estimate of drug-likeness (QED) is 0.407. The molecule has 5 nitrogen and oxygen atoms in total. The highest BCUT2D eigenvalue weighted by Crippen LogP contribution is 2.39. The number of Topliss-reactive ketones (excluding diaryl/α,β-unsaturated/α-hetero) is 1. The van der Waals surface area contributed by atoms with Gasteiger partial charge in [0.2, 0.25) is 5.88 Å². The zero-order chi connectivity index (χ0) is 19.5. The number of methoxy groups -OCH3 is 1. The van der Waals surface area contributed by atoms with Gasteiger partial charge >= 0.3 is 0 Å². The van der Waals surface area contributed by atoms with E-state index in [-0.39, 0.29) is 5.78 Å². The second kappa shape index (κ2) is 7.88. The van der Waals surface area contributed by atoms with Crippen LogP contribution in [-0.2, 0) is 11.3 Å². The van der Waals surface area contributed by atoms with Gasteiger partial charge in [-0.15, -0.1) is 11.3 Å². The van der Waals surface area contributed by atoms with E-state index in [0.29, 0.717) is 29.6 Å². The molecule has 2 aromatic carbocycles. The molecule has 4 aromatic rings. The third kappa shape index (κ3) is 3.65. The minimum absolute atomic E-state index is 0.0163. The van der Waals surface area contributed by atoms with Crippen molar-refractivity contribution in [2.45, 2.75) is 13.5 Å². The molecule has 6 heteroatoms. The zero-order valence-corrected chi connectivity index (χ0v) is 16.3. The number of benzene rings is 2. The maximum atomic E-state index is 11.5. The molecule has 0 bridgehead atoms. The minimum atomic E-state index is 0.0163. The van der Waals surface area contributed by atoms with Crippen molar-refractivity contribution in [2.24, 2.45) is 0 Å². The number of thiophene rings is 1. The molecule has 2 aromatic heterocycles. The molecule has 0 saturated carbocycles. The second-order valence-corrected chi connectivity index (χ2v) is 7.11. The number of nitrogens with zero attached hydrogens (tertiary/aromatic N) is 2. The summed E-state index contributed by atoms with van der Waals surface area (Å²) >= 11 is 1.55. The molecule has 0 aliphatic heterocycles. The standard InChI is InChI=1S/C22H18N2O3S/c1-14(25)15-8-10-17(11-9-15)27-21-20-18(16-6-4-3-5-7-16)13-28-22(20)24-19(23-21)12-26-2/h3-11,13H,12H2,1-2H3. The number of aromatic nitrogens is 2. The fraction of sp³-hybridized carbons (Fsp3) is 0.136. The molecular formula is C22H18N2O3S. The molecule has 28 heavy (non-hydrogen) atoms. The van der Waals surface area contributed by atoms with E-state index in [9.17, 15) is 4.79 Å². The number of carbonyl (C=O) groups excluding carboxylic acids is 1. The summed E-state index contributed by atoms with van der Waals surface area (Å²) in [6.07, 6.45) is 0. The number of ketones is 1. The molecule has 4 rings (SSSR count). The van der Waals surface area contributed by atoms with Crippen LogP contribution in [0.2, 0.25) is 0 Å². The Morgan fingerprint density at radius 2 is 1.79 bits per heavy atom. The number of carbonyl (C=O) groups is 1. The number of hydrogen-bond donors (Lipinski definition) is 0. The van der Waals surface area contributed by atoms with Gasteiger partial charge in [0, 0.05) is 23.6 Å². The minimum Gasteiger partial charge on any atom is -0.438 e. The van der Waals surface area contributed by atoms with Crippen LogP contribution in [0.1, 0.15) is 23.1 Å². The van der Waals surface area contributed by atoms with Crippen molar-refractivity contribution < 1.29 is 14.3 Å². The molecular weight excluding hydrogens is 372 g/mol. The lowest BCUT2D eigenvalue weighted by molar-refractivity contribution is 0.101. The number of hydrogen-bond acceptors (Lipinski definition) is 6. The van der Waals surface area contributed by atoms with Crippen molar-refractivity contribution in [1.29, 1.82) is 0 Å². The summed E-state index contributed by atoms with van der Waals surface area (Å²) in [5, 5.41) is 2.93. The first-order valence-electron chi connectivity index (χ1n) is 8.77. The van der Waals surface area contributed by atoms with Gasteiger partial charge in [-0.25, -0.2) is 4.98 Å². The third-order valence-electron chi connectivity index (χ3n) is 4.28. The summed E-state index contributed by atoms with van der Waals surface area (Å²) in [6.45, 7) is 1.84. The van der Waals surface area contributed by atoms with Gasteiger partial charge in [-0.05, 0) is 36.8 Å². The summed E-state index contributed by atoms with van der Waals surface area (Å²) < 4.78 is 11.3. The molecule has 0 aliphatic rings. The smallest absolute Gasteiger partial charge is 0.232 e. The normalized spacial score (nSPS) is 10.9. The highest BCUT2D eigenvalue weighted by molar-refractivity contribution is 7.17. The van der Waals surface area contributed by atoms with Crippen molar-refractivity contribution in [3.63, 3.8) is 0 Å². The lowest BCUT2D eigenvalue weighted by atomic mass is 10.1. The van der Waals surface area contributed by atoms with Crippen LogP contribution in [0.15, 0.2) is 60.0 Å². The van der Waals surface area contributed by atoms with Crippen LogP contribution < -0.4 is 4.74 Å².